The number of hydrogen-bond acceptors (Lipinski definition) is 3. The minimum absolute atomic E-state index is 0.00178. The molecule has 1 saturated heterocycles. The van der Waals surface area contributed by atoms with Crippen LogP contribution >= 0.6 is 0 Å². The number of piperidine rings is 1. The lowest BCUT2D eigenvalue weighted by molar-refractivity contribution is -0.132. The second kappa shape index (κ2) is 6.59. The fourth-order valence-electron chi connectivity index (χ4n) is 3.21. The molecular weight excluding hydrogens is 302 g/mol. The van der Waals surface area contributed by atoms with Crippen molar-refractivity contribution in [2.45, 2.75) is 39.2 Å². The molecule has 0 aliphatic carbocycles. The average Bonchev–Trinajstić information content (AvgIpc) is 2.57. The predicted octanol–water partition coefficient (Wildman–Crippen LogP) is 2.46. The van der Waals surface area contributed by atoms with Crippen molar-refractivity contribution < 1.29 is 9.59 Å². The number of carbonyl (C=O) groups excluding carboxylic acids is 2. The summed E-state index contributed by atoms with van der Waals surface area (Å²) in [5, 5.41) is 3.97. The number of fused-ring (bicyclic) bond motifs is 1. The summed E-state index contributed by atoms with van der Waals surface area (Å²) in [4.78, 5) is 30.6. The van der Waals surface area contributed by atoms with Gasteiger partial charge < -0.3 is 10.2 Å². The Hall–Kier alpha value is -2.43. The van der Waals surface area contributed by atoms with Gasteiger partial charge in [-0.1, -0.05) is 13.0 Å². The molecule has 1 aliphatic heterocycles. The number of amides is 2. The summed E-state index contributed by atoms with van der Waals surface area (Å²) in [7, 11) is 1.78. The standard InChI is InChI=1S/C19H23N3O2/c1-4-13-5-7-17-15(10-13)16(9-12(2)20-17)19(24)21-14-6-8-18(23)22(3)11-14/h5,7,9-10,14H,4,6,8,11H2,1-3H3,(H,21,24)/t14-/m1/s1. The predicted molar refractivity (Wildman–Crippen MR) is 94.0 cm³/mol. The highest BCUT2D eigenvalue weighted by molar-refractivity contribution is 6.06. The minimum atomic E-state index is -0.0912. The van der Waals surface area contributed by atoms with Gasteiger partial charge in [-0.15, -0.1) is 0 Å². The normalized spacial score (nSPS) is 18.0. The maximum atomic E-state index is 12.8. The van der Waals surface area contributed by atoms with Crippen molar-refractivity contribution in [3.05, 3.63) is 41.1 Å². The Morgan fingerprint density at radius 3 is 2.88 bits per heavy atom. The maximum Gasteiger partial charge on any atom is 0.252 e. The first-order valence-electron chi connectivity index (χ1n) is 8.43. The van der Waals surface area contributed by atoms with E-state index in [1.807, 2.05) is 25.1 Å². The second-order valence-corrected chi connectivity index (χ2v) is 6.50. The molecule has 1 aromatic heterocycles. The first-order valence-corrected chi connectivity index (χ1v) is 8.43. The molecule has 1 aromatic carbocycles. The summed E-state index contributed by atoms with van der Waals surface area (Å²) in [5.74, 6) is 0.0461. The van der Waals surface area contributed by atoms with Gasteiger partial charge in [0.2, 0.25) is 5.91 Å². The highest BCUT2D eigenvalue weighted by Crippen LogP contribution is 2.21. The monoisotopic (exact) mass is 325 g/mol. The maximum absolute atomic E-state index is 12.8. The van der Waals surface area contributed by atoms with Gasteiger partial charge in [-0.25, -0.2) is 0 Å². The van der Waals surface area contributed by atoms with E-state index >= 15 is 0 Å². The number of benzene rings is 1. The highest BCUT2D eigenvalue weighted by atomic mass is 16.2. The third-order valence-corrected chi connectivity index (χ3v) is 4.62. The second-order valence-electron chi connectivity index (χ2n) is 6.50. The first kappa shape index (κ1) is 16.4. The molecule has 2 aromatic rings. The third kappa shape index (κ3) is 3.25. The van der Waals surface area contributed by atoms with Crippen molar-refractivity contribution in [2.24, 2.45) is 0 Å². The van der Waals surface area contributed by atoms with Gasteiger partial charge in [-0.2, -0.15) is 0 Å². The van der Waals surface area contributed by atoms with Gasteiger partial charge in [0.25, 0.3) is 5.91 Å². The van der Waals surface area contributed by atoms with Crippen molar-refractivity contribution in [2.75, 3.05) is 13.6 Å². The highest BCUT2D eigenvalue weighted by Gasteiger charge is 2.25. The zero-order valence-electron chi connectivity index (χ0n) is 14.4. The van der Waals surface area contributed by atoms with Crippen LogP contribution in [0.4, 0.5) is 0 Å². The van der Waals surface area contributed by atoms with Crippen molar-refractivity contribution >= 4 is 22.7 Å². The molecule has 1 aliphatic rings. The van der Waals surface area contributed by atoms with Crippen LogP contribution < -0.4 is 5.32 Å². The van der Waals surface area contributed by atoms with Crippen LogP contribution in [0.5, 0.6) is 0 Å². The summed E-state index contributed by atoms with van der Waals surface area (Å²) >= 11 is 0. The summed E-state index contributed by atoms with van der Waals surface area (Å²) in [5.41, 5.74) is 3.51. The van der Waals surface area contributed by atoms with Gasteiger partial charge in [-0.05, 0) is 43.5 Å². The number of likely N-dealkylation sites (tertiary alicyclic amines) is 1. The summed E-state index contributed by atoms with van der Waals surface area (Å²) in [6.45, 7) is 4.56. The first-order chi connectivity index (χ1) is 11.5. The largest absolute Gasteiger partial charge is 0.347 e. The van der Waals surface area contributed by atoms with Crippen molar-refractivity contribution in [1.29, 1.82) is 0 Å². The van der Waals surface area contributed by atoms with Crippen molar-refractivity contribution in [3.8, 4) is 0 Å². The van der Waals surface area contributed by atoms with E-state index in [0.29, 0.717) is 24.9 Å². The Bertz CT molecular complexity index is 801. The van der Waals surface area contributed by atoms with Gasteiger partial charge >= 0.3 is 0 Å². The van der Waals surface area contributed by atoms with Crippen LogP contribution in [0.2, 0.25) is 0 Å². The number of nitrogens with zero attached hydrogens (tertiary/aromatic N) is 2. The SMILES string of the molecule is CCc1ccc2nc(C)cc(C(=O)N[C@@H]3CCC(=O)N(C)C3)c2c1. The van der Waals surface area contributed by atoms with Crippen LogP contribution in [-0.2, 0) is 11.2 Å². The number of carbonyl (C=O) groups is 2. The van der Waals surface area contributed by atoms with E-state index in [0.717, 1.165) is 23.0 Å². The summed E-state index contributed by atoms with van der Waals surface area (Å²) < 4.78 is 0. The van der Waals surface area contributed by atoms with E-state index in [2.05, 4.69) is 23.3 Å². The van der Waals surface area contributed by atoms with Gasteiger partial charge in [0.15, 0.2) is 0 Å². The minimum Gasteiger partial charge on any atom is -0.347 e. The van der Waals surface area contributed by atoms with Crippen LogP contribution in [0.15, 0.2) is 24.3 Å². The lowest BCUT2D eigenvalue weighted by atomic mass is 10.0. The van der Waals surface area contributed by atoms with Gasteiger partial charge in [0, 0.05) is 37.1 Å². The molecule has 24 heavy (non-hydrogen) atoms. The number of aromatic nitrogens is 1. The van der Waals surface area contributed by atoms with E-state index in [-0.39, 0.29) is 17.9 Å². The molecule has 0 unspecified atom stereocenters. The molecule has 0 saturated carbocycles. The topological polar surface area (TPSA) is 62.3 Å². The van der Waals surface area contributed by atoms with Crippen LogP contribution in [0.1, 0.15) is 41.4 Å². The van der Waals surface area contributed by atoms with E-state index in [1.54, 1.807) is 11.9 Å². The number of likely N-dealkylation sites (N-methyl/N-ethyl adjacent to an activating group) is 1. The smallest absolute Gasteiger partial charge is 0.252 e. The summed E-state index contributed by atoms with van der Waals surface area (Å²) in [6, 6.07) is 7.92. The Balaban J connectivity index is 1.90. The molecule has 1 N–H and O–H groups in total. The van der Waals surface area contributed by atoms with Crippen LogP contribution in [-0.4, -0.2) is 41.3 Å². The fourth-order valence-corrected chi connectivity index (χ4v) is 3.21. The molecule has 5 nitrogen and oxygen atoms in total. The number of pyridine rings is 1. The molecule has 2 heterocycles. The van der Waals surface area contributed by atoms with Crippen LogP contribution in [0.3, 0.4) is 0 Å². The molecule has 5 heteroatoms. The molecule has 1 fully saturated rings. The molecule has 2 amide bonds. The zero-order valence-corrected chi connectivity index (χ0v) is 14.4. The number of rotatable bonds is 3. The number of nitrogens with one attached hydrogen (secondary N) is 1. The molecule has 0 spiro atoms. The molecule has 126 valence electrons. The zero-order chi connectivity index (χ0) is 17.3. The Morgan fingerprint density at radius 1 is 1.38 bits per heavy atom. The van der Waals surface area contributed by atoms with E-state index < -0.39 is 0 Å². The lowest BCUT2D eigenvalue weighted by Gasteiger charge is -2.30. The summed E-state index contributed by atoms with van der Waals surface area (Å²) in [6.07, 6.45) is 2.09. The molecule has 3 rings (SSSR count). The number of aryl methyl sites for hydroxylation is 2. The van der Waals surface area contributed by atoms with Crippen LogP contribution in [0.25, 0.3) is 10.9 Å². The average molecular weight is 325 g/mol. The molecular formula is C19H23N3O2. The Labute approximate surface area is 142 Å². The fraction of sp³-hybridized carbons (Fsp3) is 0.421. The quantitative estimate of drug-likeness (QED) is 0.943. The van der Waals surface area contributed by atoms with Gasteiger partial charge in [0.1, 0.15) is 0 Å². The molecule has 0 radical (unpaired) electrons. The van der Waals surface area contributed by atoms with Gasteiger partial charge in [0.05, 0.1) is 11.1 Å². The number of hydrogen-bond donors (Lipinski definition) is 1. The lowest BCUT2D eigenvalue weighted by Crippen LogP contribution is -2.48. The van der Waals surface area contributed by atoms with Gasteiger partial charge in [-0.3, -0.25) is 14.6 Å². The van der Waals surface area contributed by atoms with Crippen molar-refractivity contribution in [3.63, 3.8) is 0 Å². The molecule has 1 atom stereocenters. The van der Waals surface area contributed by atoms with E-state index in [1.165, 1.54) is 5.56 Å². The van der Waals surface area contributed by atoms with Crippen molar-refractivity contribution in [1.82, 2.24) is 15.2 Å². The van der Waals surface area contributed by atoms with E-state index in [9.17, 15) is 9.59 Å². The van der Waals surface area contributed by atoms with Crippen LogP contribution in [0, 0.1) is 6.92 Å². The Morgan fingerprint density at radius 2 is 2.17 bits per heavy atom. The Kier molecular flexibility index (Phi) is 4.51. The van der Waals surface area contributed by atoms with E-state index in [4.69, 9.17) is 0 Å². The molecule has 0 bridgehead atoms. The third-order valence-electron chi connectivity index (χ3n) is 4.62.